The van der Waals surface area contributed by atoms with Crippen molar-refractivity contribution in [3.05, 3.63) is 0 Å². The Kier molecular flexibility index (Phi) is 7.98. The molecule has 0 radical (unpaired) electrons. The van der Waals surface area contributed by atoms with Gasteiger partial charge in [-0.15, -0.1) is 0 Å². The Balaban J connectivity index is 4.06. The number of thioether (sulfide) groups is 1. The molecule has 0 bridgehead atoms. The number of hydrogen-bond donors (Lipinski definition) is 0. The van der Waals surface area contributed by atoms with Crippen LogP contribution in [0.3, 0.4) is 0 Å². The molecule has 0 aromatic carbocycles. The first-order valence-electron chi connectivity index (χ1n) is 4.72. The Morgan fingerprint density at radius 2 is 1.60 bits per heavy atom. The fraction of sp³-hybridized carbons (Fsp3) is 1.00. The standard InChI is InChI=1S/C9H15Br2F3S/c1-2-3-8(6-10,7-11)4-5-15-9(12,13)14/h2-7H2,1H3. The molecule has 0 aromatic rings. The minimum absolute atomic E-state index is 0.0347. The predicted octanol–water partition coefficient (Wildman–Crippen LogP) is 5.21. The average Bonchev–Trinajstić information content (AvgIpc) is 2.14. The second-order valence-electron chi connectivity index (χ2n) is 3.56. The molecule has 0 spiro atoms. The second-order valence-corrected chi connectivity index (χ2v) is 5.84. The first-order valence-corrected chi connectivity index (χ1v) is 7.94. The Hall–Kier alpha value is 1.10. The summed E-state index contributed by atoms with van der Waals surface area (Å²) < 4.78 is 35.9. The van der Waals surface area contributed by atoms with E-state index in [9.17, 15) is 13.2 Å². The maximum absolute atomic E-state index is 12.0. The van der Waals surface area contributed by atoms with Crippen LogP contribution in [0.2, 0.25) is 0 Å². The van der Waals surface area contributed by atoms with Crippen LogP contribution in [0.4, 0.5) is 13.2 Å². The van der Waals surface area contributed by atoms with Crippen molar-refractivity contribution in [3.8, 4) is 0 Å². The summed E-state index contributed by atoms with van der Waals surface area (Å²) >= 11 is 6.86. The number of alkyl halides is 5. The van der Waals surface area contributed by atoms with Gasteiger partial charge in [-0.05, 0) is 18.3 Å². The molecule has 0 fully saturated rings. The molecule has 0 aliphatic carbocycles. The van der Waals surface area contributed by atoms with Crippen LogP contribution in [0.25, 0.3) is 0 Å². The van der Waals surface area contributed by atoms with Crippen LogP contribution in [0.15, 0.2) is 0 Å². The fourth-order valence-electron chi connectivity index (χ4n) is 1.34. The van der Waals surface area contributed by atoms with Gasteiger partial charge in [-0.3, -0.25) is 0 Å². The maximum atomic E-state index is 12.0. The number of halogens is 5. The van der Waals surface area contributed by atoms with Gasteiger partial charge in [0.05, 0.1) is 0 Å². The zero-order valence-corrected chi connectivity index (χ0v) is 12.5. The third-order valence-electron chi connectivity index (χ3n) is 2.25. The van der Waals surface area contributed by atoms with E-state index < -0.39 is 5.51 Å². The van der Waals surface area contributed by atoms with E-state index in [-0.39, 0.29) is 22.9 Å². The highest BCUT2D eigenvalue weighted by molar-refractivity contribution is 9.09. The molecule has 0 heterocycles. The molecule has 0 saturated heterocycles. The fourth-order valence-corrected chi connectivity index (χ4v) is 4.16. The van der Waals surface area contributed by atoms with Crippen LogP contribution >= 0.6 is 43.6 Å². The highest BCUT2D eigenvalue weighted by Gasteiger charge is 2.31. The van der Waals surface area contributed by atoms with Crippen LogP contribution in [0.1, 0.15) is 26.2 Å². The summed E-state index contributed by atoms with van der Waals surface area (Å²) in [4.78, 5) is 0. The molecule has 0 unspecified atom stereocenters. The molecule has 0 amide bonds. The molecule has 6 heteroatoms. The summed E-state index contributed by atoms with van der Waals surface area (Å²) in [7, 11) is 0. The van der Waals surface area contributed by atoms with E-state index >= 15 is 0 Å². The lowest BCUT2D eigenvalue weighted by molar-refractivity contribution is -0.0328. The third-order valence-corrected chi connectivity index (χ3v) is 5.36. The SMILES string of the molecule is CCCC(CBr)(CBr)CCSC(F)(F)F. The lowest BCUT2D eigenvalue weighted by Gasteiger charge is -2.29. The van der Waals surface area contributed by atoms with Crippen molar-refractivity contribution >= 4 is 43.6 Å². The molecule has 0 aromatic heterocycles. The zero-order valence-electron chi connectivity index (χ0n) is 8.54. The van der Waals surface area contributed by atoms with Crippen molar-refractivity contribution < 1.29 is 13.2 Å². The van der Waals surface area contributed by atoms with Crippen LogP contribution < -0.4 is 0 Å². The second kappa shape index (κ2) is 7.43. The van der Waals surface area contributed by atoms with Crippen molar-refractivity contribution in [1.29, 1.82) is 0 Å². The Morgan fingerprint density at radius 1 is 1.07 bits per heavy atom. The van der Waals surface area contributed by atoms with Crippen LogP contribution in [-0.4, -0.2) is 21.9 Å². The molecule has 0 saturated carbocycles. The van der Waals surface area contributed by atoms with E-state index in [0.717, 1.165) is 23.5 Å². The van der Waals surface area contributed by atoms with E-state index in [1.54, 1.807) is 0 Å². The normalized spacial score (nSPS) is 13.2. The van der Waals surface area contributed by atoms with Crippen molar-refractivity contribution in [2.75, 3.05) is 16.4 Å². The van der Waals surface area contributed by atoms with Crippen LogP contribution in [0, 0.1) is 5.41 Å². The molecule has 0 aliphatic rings. The molecular weight excluding hydrogens is 357 g/mol. The Bertz CT molecular complexity index is 169. The van der Waals surface area contributed by atoms with E-state index in [2.05, 4.69) is 38.8 Å². The quantitative estimate of drug-likeness (QED) is 0.554. The van der Waals surface area contributed by atoms with Gasteiger partial charge < -0.3 is 0 Å². The smallest absolute Gasteiger partial charge is 0.160 e. The summed E-state index contributed by atoms with van der Waals surface area (Å²) in [5.74, 6) is 0.140. The van der Waals surface area contributed by atoms with Gasteiger partial charge in [-0.25, -0.2) is 0 Å². The molecule has 15 heavy (non-hydrogen) atoms. The Labute approximate surface area is 110 Å². The minimum atomic E-state index is -4.10. The molecule has 92 valence electrons. The predicted molar refractivity (Wildman–Crippen MR) is 68.1 cm³/mol. The van der Waals surface area contributed by atoms with Crippen molar-refractivity contribution in [1.82, 2.24) is 0 Å². The molecule has 0 atom stereocenters. The van der Waals surface area contributed by atoms with E-state index in [1.807, 2.05) is 0 Å². The first-order chi connectivity index (χ1) is 6.89. The van der Waals surface area contributed by atoms with Crippen LogP contribution in [-0.2, 0) is 0 Å². The summed E-state index contributed by atoms with van der Waals surface area (Å²) in [6.07, 6.45) is 2.53. The van der Waals surface area contributed by atoms with Gasteiger partial charge in [0.25, 0.3) is 0 Å². The maximum Gasteiger partial charge on any atom is 0.441 e. The lowest BCUT2D eigenvalue weighted by atomic mass is 9.85. The highest BCUT2D eigenvalue weighted by atomic mass is 79.9. The summed E-state index contributed by atoms with van der Waals surface area (Å²) in [5, 5.41) is 1.50. The van der Waals surface area contributed by atoms with Gasteiger partial charge in [0.1, 0.15) is 0 Å². The minimum Gasteiger partial charge on any atom is -0.160 e. The van der Waals surface area contributed by atoms with Gasteiger partial charge in [-0.2, -0.15) is 13.2 Å². The first kappa shape index (κ1) is 16.1. The lowest BCUT2D eigenvalue weighted by Crippen LogP contribution is -2.26. The van der Waals surface area contributed by atoms with Gasteiger partial charge in [0, 0.05) is 16.4 Å². The highest BCUT2D eigenvalue weighted by Crippen LogP contribution is 2.37. The van der Waals surface area contributed by atoms with Gasteiger partial charge in [0.15, 0.2) is 0 Å². The molecule has 0 aliphatic heterocycles. The topological polar surface area (TPSA) is 0 Å². The average molecular weight is 372 g/mol. The van der Waals surface area contributed by atoms with Crippen LogP contribution in [0.5, 0.6) is 0 Å². The summed E-state index contributed by atoms with van der Waals surface area (Å²) in [6, 6.07) is 0. The van der Waals surface area contributed by atoms with Gasteiger partial charge in [0.2, 0.25) is 0 Å². The van der Waals surface area contributed by atoms with Crippen molar-refractivity contribution in [2.24, 2.45) is 5.41 Å². The summed E-state index contributed by atoms with van der Waals surface area (Å²) in [6.45, 7) is 2.05. The number of hydrogen-bond acceptors (Lipinski definition) is 1. The van der Waals surface area contributed by atoms with E-state index in [4.69, 9.17) is 0 Å². The van der Waals surface area contributed by atoms with Gasteiger partial charge in [-0.1, -0.05) is 57.0 Å². The van der Waals surface area contributed by atoms with E-state index in [0.29, 0.717) is 6.42 Å². The third kappa shape index (κ3) is 7.10. The van der Waals surface area contributed by atoms with Gasteiger partial charge >= 0.3 is 5.51 Å². The molecular formula is C9H15Br2F3S. The molecule has 0 N–H and O–H groups in total. The summed E-state index contributed by atoms with van der Waals surface area (Å²) in [5.41, 5.74) is -4.14. The molecule has 0 rings (SSSR count). The molecule has 0 nitrogen and oxygen atoms in total. The largest absolute Gasteiger partial charge is 0.441 e. The van der Waals surface area contributed by atoms with Crippen molar-refractivity contribution in [2.45, 2.75) is 31.7 Å². The Morgan fingerprint density at radius 3 is 1.93 bits per heavy atom. The number of rotatable bonds is 7. The monoisotopic (exact) mass is 370 g/mol. The van der Waals surface area contributed by atoms with E-state index in [1.165, 1.54) is 0 Å². The zero-order chi connectivity index (χ0) is 11.9. The van der Waals surface area contributed by atoms with Crippen molar-refractivity contribution in [3.63, 3.8) is 0 Å².